The number of nitrogens with zero attached hydrogens (tertiary/aromatic N) is 1. The first-order chi connectivity index (χ1) is 12.9. The number of alkyl halides is 3. The Kier molecular flexibility index (Phi) is 9.83. The van der Waals surface area contributed by atoms with Crippen LogP contribution in [0.4, 0.5) is 13.2 Å². The first-order valence-corrected chi connectivity index (χ1v) is 8.28. The summed E-state index contributed by atoms with van der Waals surface area (Å²) in [5.74, 6) is 0.655. The molecule has 1 amide bonds. The van der Waals surface area contributed by atoms with Crippen LogP contribution in [0, 0.1) is 0 Å². The van der Waals surface area contributed by atoms with Crippen molar-refractivity contribution < 1.29 is 22.4 Å². The van der Waals surface area contributed by atoms with Crippen molar-refractivity contribution in [3.8, 4) is 0 Å². The van der Waals surface area contributed by atoms with Gasteiger partial charge >= 0.3 is 6.18 Å². The van der Waals surface area contributed by atoms with Crippen molar-refractivity contribution in [3.05, 3.63) is 59.5 Å². The van der Waals surface area contributed by atoms with E-state index in [4.69, 9.17) is 4.42 Å². The molecule has 0 spiro atoms. The number of nitrogens with one attached hydrogen (secondary N) is 3. The van der Waals surface area contributed by atoms with E-state index in [0.29, 0.717) is 17.9 Å². The molecule has 2 aromatic rings. The number of aliphatic imine (C=N–C) groups is 1. The van der Waals surface area contributed by atoms with Crippen molar-refractivity contribution in [2.45, 2.75) is 25.7 Å². The van der Waals surface area contributed by atoms with E-state index in [2.05, 4.69) is 20.9 Å². The van der Waals surface area contributed by atoms with Crippen LogP contribution in [0.5, 0.6) is 0 Å². The second-order valence-electron chi connectivity index (χ2n) is 5.68. The smallest absolute Gasteiger partial charge is 0.390 e. The second-order valence-corrected chi connectivity index (χ2v) is 5.68. The van der Waals surface area contributed by atoms with Crippen molar-refractivity contribution >= 4 is 35.8 Å². The summed E-state index contributed by atoms with van der Waals surface area (Å²) in [6.45, 7) is 0.327. The average molecular weight is 510 g/mol. The molecule has 0 aliphatic rings. The number of furan rings is 1. The molecular formula is C18H22F3IN4O2. The van der Waals surface area contributed by atoms with Gasteiger partial charge in [0.25, 0.3) is 5.91 Å². The van der Waals surface area contributed by atoms with Crippen LogP contribution in [-0.4, -0.2) is 31.6 Å². The fourth-order valence-corrected chi connectivity index (χ4v) is 2.23. The summed E-state index contributed by atoms with van der Waals surface area (Å²) in [6, 6.07) is 10.4. The Morgan fingerprint density at radius 1 is 1.11 bits per heavy atom. The Morgan fingerprint density at radius 2 is 1.89 bits per heavy atom. The molecule has 0 aliphatic heterocycles. The van der Waals surface area contributed by atoms with E-state index in [1.165, 1.54) is 13.3 Å². The lowest BCUT2D eigenvalue weighted by molar-refractivity contribution is -0.132. The van der Waals surface area contributed by atoms with Gasteiger partial charge in [-0.1, -0.05) is 12.1 Å². The predicted molar refractivity (Wildman–Crippen MR) is 111 cm³/mol. The molecule has 0 saturated heterocycles. The Hall–Kier alpha value is -2.24. The second kappa shape index (κ2) is 11.6. The lowest BCUT2D eigenvalue weighted by Crippen LogP contribution is -2.38. The standard InChI is InChI=1S/C18H21F3N4O2.HI/c1-22-17(23-8-7-18(19,20)21)25-11-13-4-2-5-14(10-13)16(26)24-12-15-6-3-9-27-15;/h2-6,9-10H,7-8,11-12H2,1H3,(H,24,26)(H2,22,23,25);1H. The van der Waals surface area contributed by atoms with E-state index in [1.807, 2.05) is 0 Å². The van der Waals surface area contributed by atoms with Crippen LogP contribution in [0.2, 0.25) is 0 Å². The van der Waals surface area contributed by atoms with E-state index in [9.17, 15) is 18.0 Å². The van der Waals surface area contributed by atoms with Gasteiger partial charge in [0, 0.05) is 25.7 Å². The number of benzene rings is 1. The number of carbonyl (C=O) groups excluding carboxylic acids is 1. The zero-order chi connectivity index (χ0) is 19.7. The SMILES string of the molecule is CN=C(NCCC(F)(F)F)NCc1cccc(C(=O)NCc2ccco2)c1.I. The average Bonchev–Trinajstić information content (AvgIpc) is 3.15. The molecule has 10 heteroatoms. The van der Waals surface area contributed by atoms with Crippen molar-refractivity contribution in [2.75, 3.05) is 13.6 Å². The number of amides is 1. The molecule has 0 fully saturated rings. The zero-order valence-electron chi connectivity index (χ0n) is 15.2. The fourth-order valence-electron chi connectivity index (χ4n) is 2.23. The van der Waals surface area contributed by atoms with Crippen molar-refractivity contribution in [1.82, 2.24) is 16.0 Å². The summed E-state index contributed by atoms with van der Waals surface area (Å²) in [7, 11) is 1.47. The highest BCUT2D eigenvalue weighted by Crippen LogP contribution is 2.18. The number of guanidine groups is 1. The molecule has 0 atom stereocenters. The number of hydrogen-bond donors (Lipinski definition) is 3. The van der Waals surface area contributed by atoms with Gasteiger partial charge in [-0.05, 0) is 29.8 Å². The van der Waals surface area contributed by atoms with Gasteiger partial charge in [0.2, 0.25) is 0 Å². The highest BCUT2D eigenvalue weighted by Gasteiger charge is 2.26. The Morgan fingerprint density at radius 3 is 2.54 bits per heavy atom. The van der Waals surface area contributed by atoms with E-state index in [0.717, 1.165) is 5.56 Å². The molecule has 3 N–H and O–H groups in total. The molecule has 1 heterocycles. The van der Waals surface area contributed by atoms with Crippen molar-refractivity contribution in [2.24, 2.45) is 4.99 Å². The Balaban J connectivity index is 0.00000392. The fraction of sp³-hybridized carbons (Fsp3) is 0.333. The molecule has 1 aromatic carbocycles. The lowest BCUT2D eigenvalue weighted by Gasteiger charge is -2.13. The summed E-state index contributed by atoms with van der Waals surface area (Å²) in [6.07, 6.45) is -3.63. The molecule has 0 radical (unpaired) electrons. The summed E-state index contributed by atoms with van der Waals surface area (Å²) < 4.78 is 41.7. The Bertz CT molecular complexity index is 764. The first kappa shape index (κ1) is 23.8. The first-order valence-electron chi connectivity index (χ1n) is 8.28. The molecule has 0 saturated carbocycles. The third-order valence-electron chi connectivity index (χ3n) is 3.58. The van der Waals surface area contributed by atoms with Crippen molar-refractivity contribution in [3.63, 3.8) is 0 Å². The maximum Gasteiger partial charge on any atom is 0.390 e. The van der Waals surface area contributed by atoms with Gasteiger partial charge < -0.3 is 20.4 Å². The minimum absolute atomic E-state index is 0. The monoisotopic (exact) mass is 510 g/mol. The largest absolute Gasteiger partial charge is 0.467 e. The van der Waals surface area contributed by atoms with E-state index >= 15 is 0 Å². The minimum atomic E-state index is -4.22. The summed E-state index contributed by atoms with van der Waals surface area (Å²) in [5, 5.41) is 8.27. The molecule has 0 unspecified atom stereocenters. The quantitative estimate of drug-likeness (QED) is 0.303. The van der Waals surface area contributed by atoms with Crippen molar-refractivity contribution in [1.29, 1.82) is 0 Å². The highest BCUT2D eigenvalue weighted by atomic mass is 127. The molecule has 0 aliphatic carbocycles. The minimum Gasteiger partial charge on any atom is -0.467 e. The molecule has 0 bridgehead atoms. The van der Waals surface area contributed by atoms with Crippen LogP contribution in [0.1, 0.15) is 28.1 Å². The third kappa shape index (κ3) is 8.63. The van der Waals surface area contributed by atoms with Crippen LogP contribution < -0.4 is 16.0 Å². The predicted octanol–water partition coefficient (Wildman–Crippen LogP) is 3.45. The molecule has 6 nitrogen and oxygen atoms in total. The van der Waals surface area contributed by atoms with Gasteiger partial charge in [-0.25, -0.2) is 0 Å². The third-order valence-corrected chi connectivity index (χ3v) is 3.58. The molecule has 2 rings (SSSR count). The number of carbonyl (C=O) groups is 1. The van der Waals surface area contributed by atoms with Crippen LogP contribution >= 0.6 is 24.0 Å². The summed E-state index contributed by atoms with van der Waals surface area (Å²) in [4.78, 5) is 16.1. The number of hydrogen-bond acceptors (Lipinski definition) is 3. The van der Waals surface area contributed by atoms with Gasteiger partial charge in [0.1, 0.15) is 5.76 Å². The van der Waals surface area contributed by atoms with E-state index < -0.39 is 12.6 Å². The van der Waals surface area contributed by atoms with E-state index in [-0.39, 0.29) is 48.9 Å². The van der Waals surface area contributed by atoms with Gasteiger partial charge in [0.15, 0.2) is 5.96 Å². The summed E-state index contributed by atoms with van der Waals surface area (Å²) >= 11 is 0. The van der Waals surface area contributed by atoms with Gasteiger partial charge in [-0.2, -0.15) is 13.2 Å². The van der Waals surface area contributed by atoms with Crippen LogP contribution in [0.15, 0.2) is 52.1 Å². The molecule has 1 aromatic heterocycles. The molecule has 28 heavy (non-hydrogen) atoms. The topological polar surface area (TPSA) is 78.7 Å². The van der Waals surface area contributed by atoms with Crippen LogP contribution in [0.3, 0.4) is 0 Å². The maximum absolute atomic E-state index is 12.2. The lowest BCUT2D eigenvalue weighted by atomic mass is 10.1. The maximum atomic E-state index is 12.2. The van der Waals surface area contributed by atoms with Gasteiger partial charge in [-0.15, -0.1) is 24.0 Å². The number of rotatable bonds is 7. The normalized spacial score (nSPS) is 11.5. The highest BCUT2D eigenvalue weighted by molar-refractivity contribution is 14.0. The van der Waals surface area contributed by atoms with Crippen LogP contribution in [0.25, 0.3) is 0 Å². The van der Waals surface area contributed by atoms with Gasteiger partial charge in [0.05, 0.1) is 19.2 Å². The summed E-state index contributed by atoms with van der Waals surface area (Å²) in [5.41, 5.74) is 1.26. The Labute approximate surface area is 178 Å². The zero-order valence-corrected chi connectivity index (χ0v) is 17.5. The number of halogens is 4. The molecular weight excluding hydrogens is 488 g/mol. The van der Waals surface area contributed by atoms with Gasteiger partial charge in [-0.3, -0.25) is 9.79 Å². The van der Waals surface area contributed by atoms with E-state index in [1.54, 1.807) is 36.4 Å². The molecule has 154 valence electrons. The van der Waals surface area contributed by atoms with Crippen LogP contribution in [-0.2, 0) is 13.1 Å².